The van der Waals surface area contributed by atoms with Crippen molar-refractivity contribution in [2.45, 2.75) is 19.5 Å². The number of nitrogens with one attached hydrogen (secondary N) is 2. The van der Waals surface area contributed by atoms with E-state index in [1.807, 2.05) is 6.92 Å². The normalized spacial score (nSPS) is 11.9. The van der Waals surface area contributed by atoms with Crippen molar-refractivity contribution in [1.29, 1.82) is 0 Å². The summed E-state index contributed by atoms with van der Waals surface area (Å²) in [5.41, 5.74) is 1.68. The zero-order valence-electron chi connectivity index (χ0n) is 10.9. The van der Waals surface area contributed by atoms with E-state index in [0.29, 0.717) is 0 Å². The van der Waals surface area contributed by atoms with E-state index < -0.39 is 0 Å². The molecule has 0 aliphatic heterocycles. The summed E-state index contributed by atoms with van der Waals surface area (Å²) in [6.45, 7) is 2.19. The van der Waals surface area contributed by atoms with Crippen molar-refractivity contribution in [2.24, 2.45) is 0 Å². The Balaban J connectivity index is 1.98. The Morgan fingerprint density at radius 2 is 2.26 bits per heavy atom. The summed E-state index contributed by atoms with van der Waals surface area (Å²) in [5, 5.41) is 9.91. The van der Waals surface area contributed by atoms with Crippen LogP contribution in [0, 0.1) is 0 Å². The average Bonchev–Trinajstić information content (AvgIpc) is 2.86. The maximum Gasteiger partial charge on any atom is 0.241 e. The van der Waals surface area contributed by atoms with Crippen LogP contribution >= 0.6 is 0 Å². The van der Waals surface area contributed by atoms with E-state index in [2.05, 4.69) is 25.7 Å². The highest BCUT2D eigenvalue weighted by atomic mass is 16.1. The third kappa shape index (κ3) is 3.51. The molecule has 1 unspecified atom stereocenters. The van der Waals surface area contributed by atoms with Crippen LogP contribution < -0.4 is 10.6 Å². The molecule has 0 aromatic carbocycles. The highest BCUT2D eigenvalue weighted by Crippen LogP contribution is 2.15. The van der Waals surface area contributed by atoms with Gasteiger partial charge in [0.25, 0.3) is 0 Å². The quantitative estimate of drug-likeness (QED) is 0.822. The molecule has 2 heterocycles. The van der Waals surface area contributed by atoms with Crippen LogP contribution in [0.3, 0.4) is 0 Å². The number of nitrogens with zero attached hydrogens (tertiary/aromatic N) is 4. The van der Waals surface area contributed by atoms with Gasteiger partial charge in [-0.2, -0.15) is 5.10 Å². The van der Waals surface area contributed by atoms with E-state index in [4.69, 9.17) is 0 Å². The van der Waals surface area contributed by atoms with Gasteiger partial charge in [-0.05, 0) is 6.92 Å². The predicted octanol–water partition coefficient (Wildman–Crippen LogP) is 0.592. The Bertz CT molecular complexity index is 538. The van der Waals surface area contributed by atoms with Gasteiger partial charge in [0, 0.05) is 25.6 Å². The first-order valence-corrected chi connectivity index (χ1v) is 5.94. The van der Waals surface area contributed by atoms with Crippen molar-refractivity contribution in [3.05, 3.63) is 36.7 Å². The van der Waals surface area contributed by atoms with Crippen LogP contribution in [0.5, 0.6) is 0 Å². The van der Waals surface area contributed by atoms with E-state index in [1.54, 1.807) is 42.7 Å². The number of rotatable bonds is 5. The SMILES string of the molecule is CNC(=O)Cn1cc(NC(C)c2cnccn2)cn1. The largest absolute Gasteiger partial charge is 0.374 e. The van der Waals surface area contributed by atoms with Crippen LogP contribution in [0.2, 0.25) is 0 Å². The minimum atomic E-state index is -0.0865. The molecule has 1 atom stereocenters. The van der Waals surface area contributed by atoms with Crippen molar-refractivity contribution >= 4 is 11.6 Å². The molecule has 2 aromatic rings. The number of carbonyl (C=O) groups is 1. The summed E-state index contributed by atoms with van der Waals surface area (Å²) < 4.78 is 1.57. The molecule has 100 valence electrons. The molecule has 7 heteroatoms. The molecule has 0 fully saturated rings. The minimum absolute atomic E-state index is 0.0198. The molecule has 1 amide bonds. The van der Waals surface area contributed by atoms with Crippen molar-refractivity contribution in [2.75, 3.05) is 12.4 Å². The Labute approximate surface area is 111 Å². The fraction of sp³-hybridized carbons (Fsp3) is 0.333. The standard InChI is InChI=1S/C12H16N6O/c1-9(11-6-14-3-4-15-11)17-10-5-16-18(7-10)8-12(19)13-2/h3-7,9,17H,8H2,1-2H3,(H,13,19). The smallest absolute Gasteiger partial charge is 0.241 e. The lowest BCUT2D eigenvalue weighted by molar-refractivity contribution is -0.121. The average molecular weight is 260 g/mol. The van der Waals surface area contributed by atoms with Gasteiger partial charge in [0.1, 0.15) is 6.54 Å². The molecule has 0 spiro atoms. The van der Waals surface area contributed by atoms with Crippen LogP contribution in [0.1, 0.15) is 18.7 Å². The lowest BCUT2D eigenvalue weighted by atomic mass is 10.2. The lowest BCUT2D eigenvalue weighted by Crippen LogP contribution is -2.23. The third-order valence-corrected chi connectivity index (χ3v) is 2.63. The van der Waals surface area contributed by atoms with Crippen LogP contribution in [0.25, 0.3) is 0 Å². The maximum atomic E-state index is 11.2. The summed E-state index contributed by atoms with van der Waals surface area (Å²) in [6, 6.07) is 0.0198. The molecule has 0 radical (unpaired) electrons. The molecular weight excluding hydrogens is 244 g/mol. The van der Waals surface area contributed by atoms with Crippen LogP contribution in [-0.2, 0) is 11.3 Å². The number of anilines is 1. The summed E-state index contributed by atoms with van der Waals surface area (Å²) in [4.78, 5) is 19.5. The topological polar surface area (TPSA) is 84.7 Å². The second kappa shape index (κ2) is 5.94. The number of likely N-dealkylation sites (N-methyl/N-ethyl adjacent to an activating group) is 1. The van der Waals surface area contributed by atoms with E-state index >= 15 is 0 Å². The highest BCUT2D eigenvalue weighted by molar-refractivity contribution is 5.75. The van der Waals surface area contributed by atoms with Gasteiger partial charge < -0.3 is 10.6 Å². The van der Waals surface area contributed by atoms with Gasteiger partial charge in [-0.3, -0.25) is 19.4 Å². The third-order valence-electron chi connectivity index (χ3n) is 2.63. The minimum Gasteiger partial charge on any atom is -0.374 e. The highest BCUT2D eigenvalue weighted by Gasteiger charge is 2.08. The molecule has 0 aliphatic rings. The van der Waals surface area contributed by atoms with Gasteiger partial charge in [-0.25, -0.2) is 0 Å². The molecular formula is C12H16N6O. The molecule has 7 nitrogen and oxygen atoms in total. The van der Waals surface area contributed by atoms with E-state index in [-0.39, 0.29) is 18.5 Å². The van der Waals surface area contributed by atoms with Crippen molar-refractivity contribution in [1.82, 2.24) is 25.1 Å². The maximum absolute atomic E-state index is 11.2. The first-order chi connectivity index (χ1) is 9.19. The summed E-state index contributed by atoms with van der Waals surface area (Å²) in [6.07, 6.45) is 8.46. The Hall–Kier alpha value is -2.44. The number of hydrogen-bond acceptors (Lipinski definition) is 5. The van der Waals surface area contributed by atoms with Crippen LogP contribution in [-0.4, -0.2) is 32.7 Å². The van der Waals surface area contributed by atoms with E-state index in [9.17, 15) is 4.79 Å². The molecule has 2 N–H and O–H groups in total. The Morgan fingerprint density at radius 1 is 1.42 bits per heavy atom. The van der Waals surface area contributed by atoms with Crippen molar-refractivity contribution in [3.8, 4) is 0 Å². The molecule has 0 saturated carbocycles. The first-order valence-electron chi connectivity index (χ1n) is 5.94. The molecule has 0 bridgehead atoms. The van der Waals surface area contributed by atoms with Crippen LogP contribution in [0.4, 0.5) is 5.69 Å². The van der Waals surface area contributed by atoms with Crippen molar-refractivity contribution < 1.29 is 4.79 Å². The van der Waals surface area contributed by atoms with E-state index in [1.165, 1.54) is 0 Å². The van der Waals surface area contributed by atoms with Gasteiger partial charge in [0.2, 0.25) is 5.91 Å². The molecule has 0 aliphatic carbocycles. The monoisotopic (exact) mass is 260 g/mol. The van der Waals surface area contributed by atoms with Gasteiger partial charge in [-0.1, -0.05) is 0 Å². The zero-order valence-corrected chi connectivity index (χ0v) is 10.9. The number of carbonyl (C=O) groups excluding carboxylic acids is 1. The number of aromatic nitrogens is 4. The molecule has 2 aromatic heterocycles. The molecule has 19 heavy (non-hydrogen) atoms. The number of hydrogen-bond donors (Lipinski definition) is 2. The first kappa shape index (κ1) is 13.0. The van der Waals surface area contributed by atoms with Crippen molar-refractivity contribution in [3.63, 3.8) is 0 Å². The van der Waals surface area contributed by atoms with Gasteiger partial charge in [-0.15, -0.1) is 0 Å². The van der Waals surface area contributed by atoms with E-state index in [0.717, 1.165) is 11.4 Å². The predicted molar refractivity (Wildman–Crippen MR) is 70.4 cm³/mol. The number of amides is 1. The second-order valence-corrected chi connectivity index (χ2v) is 4.10. The Morgan fingerprint density at radius 3 is 2.95 bits per heavy atom. The second-order valence-electron chi connectivity index (χ2n) is 4.10. The summed E-state index contributed by atoms with van der Waals surface area (Å²) >= 11 is 0. The summed E-state index contributed by atoms with van der Waals surface area (Å²) in [5.74, 6) is -0.0865. The van der Waals surface area contributed by atoms with Gasteiger partial charge in [0.05, 0.1) is 29.8 Å². The summed E-state index contributed by atoms with van der Waals surface area (Å²) in [7, 11) is 1.60. The zero-order chi connectivity index (χ0) is 13.7. The molecule has 2 rings (SSSR count). The fourth-order valence-corrected chi connectivity index (χ4v) is 1.61. The lowest BCUT2D eigenvalue weighted by Gasteiger charge is -2.11. The fourth-order valence-electron chi connectivity index (χ4n) is 1.61. The van der Waals surface area contributed by atoms with Crippen LogP contribution in [0.15, 0.2) is 31.0 Å². The molecule has 0 saturated heterocycles. The Kier molecular flexibility index (Phi) is 4.07. The van der Waals surface area contributed by atoms with Gasteiger partial charge >= 0.3 is 0 Å². The van der Waals surface area contributed by atoms with Gasteiger partial charge in [0.15, 0.2) is 0 Å².